The second-order valence-corrected chi connectivity index (χ2v) is 9.83. The van der Waals surface area contributed by atoms with Crippen molar-refractivity contribution in [2.75, 3.05) is 10.8 Å². The fraction of sp³-hybridized carbons (Fsp3) is 0.160. The highest BCUT2D eigenvalue weighted by Crippen LogP contribution is 2.40. The van der Waals surface area contributed by atoms with Crippen molar-refractivity contribution in [2.45, 2.75) is 19.6 Å². The number of ether oxygens (including phenoxy) is 1. The van der Waals surface area contributed by atoms with Crippen molar-refractivity contribution < 1.29 is 27.1 Å². The number of benzene rings is 3. The minimum Gasteiger partial charge on any atom is -0.487 e. The fourth-order valence-electron chi connectivity index (χ4n) is 4.04. The minimum absolute atomic E-state index is 0.00152. The lowest BCUT2D eigenvalue weighted by molar-refractivity contribution is -0.117. The topological polar surface area (TPSA) is 111 Å². The average Bonchev–Trinajstić information content (AvgIpc) is 3.45. The van der Waals surface area contributed by atoms with Gasteiger partial charge in [0.25, 0.3) is 5.91 Å². The molecule has 184 valence electrons. The molecule has 9 nitrogen and oxygen atoms in total. The Hall–Kier alpha value is -4.25. The Morgan fingerprint density at radius 2 is 1.92 bits per heavy atom. The van der Waals surface area contributed by atoms with Gasteiger partial charge in [0.2, 0.25) is 0 Å². The van der Waals surface area contributed by atoms with Gasteiger partial charge in [-0.15, -0.1) is 0 Å². The van der Waals surface area contributed by atoms with Crippen LogP contribution in [0.1, 0.15) is 12.0 Å². The molecule has 3 aromatic carbocycles. The molecule has 1 aliphatic rings. The van der Waals surface area contributed by atoms with Crippen LogP contribution < -0.4 is 13.8 Å². The minimum atomic E-state index is -4.28. The number of nitrogens with one attached hydrogen (secondary N) is 1. The lowest BCUT2D eigenvalue weighted by Gasteiger charge is -2.21. The highest BCUT2D eigenvalue weighted by Gasteiger charge is 2.38. The summed E-state index contributed by atoms with van der Waals surface area (Å²) in [6, 6.07) is 15.8. The molecular weight excluding hydrogens is 487 g/mol. The Morgan fingerprint density at radius 3 is 2.64 bits per heavy atom. The van der Waals surface area contributed by atoms with E-state index in [2.05, 4.69) is 5.10 Å². The van der Waals surface area contributed by atoms with Crippen LogP contribution in [0.15, 0.2) is 67.0 Å². The maximum Gasteiger partial charge on any atom is 0.326 e. The second kappa shape index (κ2) is 9.42. The van der Waals surface area contributed by atoms with Crippen molar-refractivity contribution in [1.82, 2.24) is 14.5 Å². The first-order chi connectivity index (χ1) is 17.4. The van der Waals surface area contributed by atoms with Gasteiger partial charge in [-0.2, -0.15) is 13.5 Å². The molecule has 0 bridgehead atoms. The second-order valence-electron chi connectivity index (χ2n) is 8.23. The Morgan fingerprint density at radius 1 is 1.11 bits per heavy atom. The number of halogens is 1. The molecule has 5 rings (SSSR count). The zero-order valence-electron chi connectivity index (χ0n) is 18.9. The molecule has 4 aromatic rings. The molecule has 2 heterocycles. The summed E-state index contributed by atoms with van der Waals surface area (Å²) in [6.45, 7) is -0.0622. The standard InChI is InChI=1S/C25H21FN4O5S/c26-24-21-11-18(20-13-27-29(14-20)9-4-10-31)7-8-19(21)12-22(35-16-17-5-2-1-3-6-17)25(24)30-15-23(32)28-36(30,33)34/h1-3,5-8,10-14H,4,9,15-16H2,(H,28,32). The first-order valence-corrected chi connectivity index (χ1v) is 12.5. The number of hydrogen-bond donors (Lipinski definition) is 1. The van der Waals surface area contributed by atoms with Crippen molar-refractivity contribution >= 4 is 38.9 Å². The highest BCUT2D eigenvalue weighted by molar-refractivity contribution is 7.92. The summed E-state index contributed by atoms with van der Waals surface area (Å²) in [5, 5.41) is 4.87. The van der Waals surface area contributed by atoms with Crippen LogP contribution in [0, 0.1) is 5.82 Å². The van der Waals surface area contributed by atoms with E-state index in [-0.39, 0.29) is 23.4 Å². The summed E-state index contributed by atoms with van der Waals surface area (Å²) in [5.41, 5.74) is 1.83. The number of aryl methyl sites for hydroxylation is 1. The number of fused-ring (bicyclic) bond motifs is 1. The number of aldehydes is 1. The van der Waals surface area contributed by atoms with Gasteiger partial charge in [0.05, 0.1) is 6.20 Å². The number of nitrogens with zero attached hydrogens (tertiary/aromatic N) is 3. The van der Waals surface area contributed by atoms with Crippen molar-refractivity contribution in [3.8, 4) is 16.9 Å². The molecule has 11 heteroatoms. The Bertz CT molecular complexity index is 1570. The number of hydrogen-bond acceptors (Lipinski definition) is 6. The summed E-state index contributed by atoms with van der Waals surface area (Å²) in [7, 11) is -4.28. The van der Waals surface area contributed by atoms with E-state index in [1.807, 2.05) is 35.1 Å². The maximum atomic E-state index is 16.1. The molecule has 1 saturated heterocycles. The Balaban J connectivity index is 1.60. The van der Waals surface area contributed by atoms with E-state index in [1.165, 1.54) is 0 Å². The lowest BCUT2D eigenvalue weighted by Crippen LogP contribution is -2.30. The molecule has 1 N–H and O–H groups in total. The van der Waals surface area contributed by atoms with Gasteiger partial charge in [-0.1, -0.05) is 42.5 Å². The van der Waals surface area contributed by atoms with Crippen molar-refractivity contribution in [3.63, 3.8) is 0 Å². The predicted octanol–water partition coefficient (Wildman–Crippen LogP) is 3.19. The van der Waals surface area contributed by atoms with E-state index in [0.717, 1.165) is 11.8 Å². The zero-order valence-corrected chi connectivity index (χ0v) is 19.7. The third kappa shape index (κ3) is 4.52. The molecular formula is C25H21FN4O5S. The monoisotopic (exact) mass is 508 g/mol. The van der Waals surface area contributed by atoms with E-state index < -0.39 is 28.5 Å². The molecule has 0 saturated carbocycles. The zero-order chi connectivity index (χ0) is 25.3. The third-order valence-corrected chi connectivity index (χ3v) is 7.14. The number of carbonyl (C=O) groups is 2. The van der Waals surface area contributed by atoms with Crippen LogP contribution in [-0.2, 0) is 33.0 Å². The van der Waals surface area contributed by atoms with Crippen LogP contribution in [-0.4, -0.2) is 36.9 Å². The van der Waals surface area contributed by atoms with Gasteiger partial charge in [0.1, 0.15) is 30.9 Å². The van der Waals surface area contributed by atoms with Crippen LogP contribution in [0.25, 0.3) is 21.9 Å². The predicted molar refractivity (Wildman–Crippen MR) is 131 cm³/mol. The smallest absolute Gasteiger partial charge is 0.326 e. The fourth-order valence-corrected chi connectivity index (χ4v) is 5.20. The van der Waals surface area contributed by atoms with Crippen LogP contribution in [0.5, 0.6) is 5.75 Å². The van der Waals surface area contributed by atoms with Crippen molar-refractivity contribution in [1.29, 1.82) is 0 Å². The first kappa shape index (κ1) is 23.5. The van der Waals surface area contributed by atoms with Crippen LogP contribution >= 0.6 is 0 Å². The van der Waals surface area contributed by atoms with E-state index in [0.29, 0.717) is 33.8 Å². The van der Waals surface area contributed by atoms with Gasteiger partial charge in [-0.25, -0.2) is 13.4 Å². The summed E-state index contributed by atoms with van der Waals surface area (Å²) in [6.07, 6.45) is 4.47. The summed E-state index contributed by atoms with van der Waals surface area (Å²) in [4.78, 5) is 22.5. The number of amides is 1. The molecule has 1 aliphatic heterocycles. The van der Waals surface area contributed by atoms with E-state index in [4.69, 9.17) is 4.74 Å². The van der Waals surface area contributed by atoms with Crippen molar-refractivity contribution in [3.05, 3.63) is 78.4 Å². The van der Waals surface area contributed by atoms with Gasteiger partial charge in [0.15, 0.2) is 5.82 Å². The molecule has 0 atom stereocenters. The largest absolute Gasteiger partial charge is 0.487 e. The van der Waals surface area contributed by atoms with E-state index in [9.17, 15) is 18.0 Å². The maximum absolute atomic E-state index is 16.1. The molecule has 1 aromatic heterocycles. The van der Waals surface area contributed by atoms with Gasteiger partial charge in [-0.3, -0.25) is 9.48 Å². The number of carbonyl (C=O) groups excluding carboxylic acids is 2. The lowest BCUT2D eigenvalue weighted by atomic mass is 10.0. The molecule has 36 heavy (non-hydrogen) atoms. The SMILES string of the molecule is O=CCCn1cc(-c2ccc3cc(OCc4ccccc4)c(N4CC(=O)NS4(=O)=O)c(F)c3c2)cn1. The molecule has 1 amide bonds. The molecule has 0 radical (unpaired) electrons. The third-order valence-electron chi connectivity index (χ3n) is 5.77. The summed E-state index contributed by atoms with van der Waals surface area (Å²) >= 11 is 0. The molecule has 0 unspecified atom stereocenters. The number of anilines is 1. The quantitative estimate of drug-likeness (QED) is 0.366. The van der Waals surface area contributed by atoms with Crippen LogP contribution in [0.2, 0.25) is 0 Å². The first-order valence-electron chi connectivity index (χ1n) is 11.1. The van der Waals surface area contributed by atoms with Gasteiger partial charge in [-0.05, 0) is 28.6 Å². The van der Waals surface area contributed by atoms with Crippen LogP contribution in [0.4, 0.5) is 10.1 Å². The Labute approximate surface area is 206 Å². The van der Waals surface area contributed by atoms with E-state index >= 15 is 4.39 Å². The van der Waals surface area contributed by atoms with Crippen LogP contribution in [0.3, 0.4) is 0 Å². The number of aromatic nitrogens is 2. The number of rotatable bonds is 8. The summed E-state index contributed by atoms with van der Waals surface area (Å²) in [5.74, 6) is -1.59. The average molecular weight is 509 g/mol. The van der Waals surface area contributed by atoms with Gasteiger partial charge in [0, 0.05) is 30.1 Å². The molecule has 1 fully saturated rings. The van der Waals surface area contributed by atoms with Gasteiger partial charge >= 0.3 is 10.2 Å². The van der Waals surface area contributed by atoms with Gasteiger partial charge < -0.3 is 9.53 Å². The van der Waals surface area contributed by atoms with Crippen molar-refractivity contribution in [2.24, 2.45) is 0 Å². The Kier molecular flexibility index (Phi) is 6.15. The summed E-state index contributed by atoms with van der Waals surface area (Å²) < 4.78 is 51.3. The normalized spacial score (nSPS) is 14.7. The molecule has 0 aliphatic carbocycles. The molecule has 0 spiro atoms. The highest BCUT2D eigenvalue weighted by atomic mass is 32.2. The van der Waals surface area contributed by atoms with E-state index in [1.54, 1.807) is 41.3 Å².